The van der Waals surface area contributed by atoms with E-state index in [0.717, 1.165) is 103 Å². The Kier molecular flexibility index (Phi) is 37.0. The minimum absolute atomic E-state index is 0.0537. The van der Waals surface area contributed by atoms with Crippen molar-refractivity contribution in [2.24, 2.45) is 0 Å². The van der Waals surface area contributed by atoms with Crippen molar-refractivity contribution in [3.05, 3.63) is 0 Å². The molecule has 11 heteroatoms. The lowest BCUT2D eigenvalue weighted by Crippen LogP contribution is -2.38. The van der Waals surface area contributed by atoms with E-state index in [2.05, 4.69) is 30.6 Å². The van der Waals surface area contributed by atoms with Crippen LogP contribution in [-0.2, 0) is 38.1 Å². The first kappa shape index (κ1) is 58.9. The van der Waals surface area contributed by atoms with E-state index in [9.17, 15) is 24.3 Å². The summed E-state index contributed by atoms with van der Waals surface area (Å²) in [7, 11) is 0. The summed E-state index contributed by atoms with van der Waals surface area (Å²) in [5.41, 5.74) is 0. The standard InChI is InChI=1S/C54H100N2O9/c1-4-7-10-13-16-17-18-23-31-42-62-51(58)35-29-25-30-39-56-46-49(65-53(60)38-41-55-40-37-47(57)45-55)44-50(56)54(61)63-43-32-24-19-22-28-36-52(59)64-48(33-26-20-14-11-8-5-2)34-27-21-15-12-9-6-3/h47-50,57H,4-46H2,1-3H3/t47-,49-,50?/m0/s1. The first-order chi connectivity index (χ1) is 31.7. The number of aliphatic hydroxyl groups excluding tert-OH is 1. The molecule has 2 aliphatic heterocycles. The molecule has 2 fully saturated rings. The number of esters is 4. The number of ether oxygens (including phenoxy) is 4. The van der Waals surface area contributed by atoms with Gasteiger partial charge in [0.05, 0.1) is 25.7 Å². The van der Waals surface area contributed by atoms with Crippen LogP contribution in [0.2, 0.25) is 0 Å². The Morgan fingerprint density at radius 2 is 1.02 bits per heavy atom. The molecule has 3 atom stereocenters. The third-order valence-electron chi connectivity index (χ3n) is 13.5. The highest BCUT2D eigenvalue weighted by atomic mass is 16.6. The smallest absolute Gasteiger partial charge is 0.323 e. The molecular weight excluding hydrogens is 821 g/mol. The largest absolute Gasteiger partial charge is 0.466 e. The lowest BCUT2D eigenvalue weighted by Gasteiger charge is -2.22. The fourth-order valence-electron chi connectivity index (χ4n) is 9.36. The van der Waals surface area contributed by atoms with Crippen LogP contribution < -0.4 is 0 Å². The predicted molar refractivity (Wildman–Crippen MR) is 263 cm³/mol. The molecule has 0 aromatic carbocycles. The number of likely N-dealkylation sites (tertiary alicyclic amines) is 2. The van der Waals surface area contributed by atoms with Crippen LogP contribution >= 0.6 is 0 Å². The summed E-state index contributed by atoms with van der Waals surface area (Å²) < 4.78 is 23.2. The molecule has 2 heterocycles. The Morgan fingerprint density at radius 1 is 0.523 bits per heavy atom. The fourth-order valence-corrected chi connectivity index (χ4v) is 9.36. The highest BCUT2D eigenvalue weighted by Crippen LogP contribution is 2.24. The molecule has 1 unspecified atom stereocenters. The monoisotopic (exact) mass is 921 g/mol. The third kappa shape index (κ3) is 32.2. The molecule has 2 saturated heterocycles. The molecule has 0 aliphatic carbocycles. The minimum Gasteiger partial charge on any atom is -0.466 e. The van der Waals surface area contributed by atoms with Gasteiger partial charge in [0.15, 0.2) is 0 Å². The topological polar surface area (TPSA) is 132 Å². The van der Waals surface area contributed by atoms with Gasteiger partial charge in [0, 0.05) is 45.4 Å². The summed E-state index contributed by atoms with van der Waals surface area (Å²) in [6.07, 6.45) is 36.5. The first-order valence-corrected chi connectivity index (χ1v) is 27.6. The van der Waals surface area contributed by atoms with Crippen LogP contribution in [0.5, 0.6) is 0 Å². The number of unbranched alkanes of at least 4 members (excludes halogenated alkanes) is 24. The van der Waals surface area contributed by atoms with Crippen LogP contribution in [0.4, 0.5) is 0 Å². The summed E-state index contributed by atoms with van der Waals surface area (Å²) >= 11 is 0. The fraction of sp³-hybridized carbons (Fsp3) is 0.926. The SMILES string of the molecule is CCCCCCCCCCCOC(=O)CCCCCN1C[C@@H](OC(=O)CCN2CC[C@H](O)C2)CC1C(=O)OCCCCCCCC(=O)OC(CCCCCCCC)CCCCCCCC. The maximum Gasteiger partial charge on any atom is 0.323 e. The number of rotatable bonds is 44. The molecule has 11 nitrogen and oxygen atoms in total. The van der Waals surface area contributed by atoms with E-state index in [0.29, 0.717) is 58.7 Å². The quantitative estimate of drug-likeness (QED) is 0.0356. The second-order valence-electron chi connectivity index (χ2n) is 19.6. The van der Waals surface area contributed by atoms with Gasteiger partial charge in [-0.1, -0.05) is 162 Å². The van der Waals surface area contributed by atoms with Crippen molar-refractivity contribution in [1.82, 2.24) is 9.80 Å². The maximum atomic E-state index is 13.4. The van der Waals surface area contributed by atoms with Gasteiger partial charge < -0.3 is 29.0 Å². The van der Waals surface area contributed by atoms with E-state index in [4.69, 9.17) is 18.9 Å². The number of β-amino-alcohol motifs (C(OH)–C–C–N with tert-alkyl or cyclic N) is 1. The third-order valence-corrected chi connectivity index (χ3v) is 13.5. The van der Waals surface area contributed by atoms with Gasteiger partial charge in [-0.25, -0.2) is 0 Å². The van der Waals surface area contributed by atoms with Crippen LogP contribution in [0.25, 0.3) is 0 Å². The molecule has 0 aromatic rings. The molecule has 2 aliphatic rings. The molecule has 0 radical (unpaired) electrons. The van der Waals surface area contributed by atoms with Crippen molar-refractivity contribution in [2.75, 3.05) is 45.9 Å². The average molecular weight is 921 g/mol. The van der Waals surface area contributed by atoms with Crippen LogP contribution in [0.1, 0.15) is 252 Å². The Hall–Kier alpha value is -2.24. The van der Waals surface area contributed by atoms with Crippen molar-refractivity contribution >= 4 is 23.9 Å². The van der Waals surface area contributed by atoms with Gasteiger partial charge in [-0.2, -0.15) is 0 Å². The van der Waals surface area contributed by atoms with Crippen LogP contribution in [0.15, 0.2) is 0 Å². The Bertz CT molecular complexity index is 1170. The van der Waals surface area contributed by atoms with Gasteiger partial charge in [0.2, 0.25) is 0 Å². The van der Waals surface area contributed by atoms with E-state index < -0.39 is 6.04 Å². The predicted octanol–water partition coefficient (Wildman–Crippen LogP) is 12.4. The van der Waals surface area contributed by atoms with Crippen LogP contribution in [0, 0.1) is 0 Å². The minimum atomic E-state index is -0.472. The zero-order valence-corrected chi connectivity index (χ0v) is 42.3. The number of carbonyl (C=O) groups excluding carboxylic acids is 4. The summed E-state index contributed by atoms with van der Waals surface area (Å²) in [5, 5.41) is 9.83. The number of carbonyl (C=O) groups is 4. The zero-order valence-electron chi connectivity index (χ0n) is 42.3. The Morgan fingerprint density at radius 3 is 1.57 bits per heavy atom. The molecule has 65 heavy (non-hydrogen) atoms. The summed E-state index contributed by atoms with van der Waals surface area (Å²) in [6.45, 7) is 10.6. The zero-order chi connectivity index (χ0) is 47.0. The molecule has 0 bridgehead atoms. The van der Waals surface area contributed by atoms with Crippen LogP contribution in [-0.4, -0.2) is 109 Å². The molecule has 2 rings (SSSR count). The lowest BCUT2D eigenvalue weighted by atomic mass is 10.0. The molecule has 0 amide bonds. The normalized spacial score (nSPS) is 17.8. The Balaban J connectivity index is 1.68. The van der Waals surface area contributed by atoms with E-state index in [1.165, 1.54) is 109 Å². The molecule has 1 N–H and O–H groups in total. The van der Waals surface area contributed by atoms with Gasteiger partial charge >= 0.3 is 23.9 Å². The van der Waals surface area contributed by atoms with Crippen LogP contribution in [0.3, 0.4) is 0 Å². The average Bonchev–Trinajstić information content (AvgIpc) is 3.91. The van der Waals surface area contributed by atoms with Gasteiger partial charge in [-0.15, -0.1) is 0 Å². The highest BCUT2D eigenvalue weighted by molar-refractivity contribution is 5.76. The molecule has 380 valence electrons. The number of nitrogens with zero attached hydrogens (tertiary/aromatic N) is 2. The second-order valence-corrected chi connectivity index (χ2v) is 19.6. The summed E-state index contributed by atoms with van der Waals surface area (Å²) in [6, 6.07) is -0.472. The van der Waals surface area contributed by atoms with Crippen molar-refractivity contribution in [1.29, 1.82) is 0 Å². The Labute approximate surface area is 397 Å². The molecular formula is C54H100N2O9. The maximum absolute atomic E-state index is 13.4. The van der Waals surface area contributed by atoms with Crippen molar-refractivity contribution < 1.29 is 43.2 Å². The van der Waals surface area contributed by atoms with Gasteiger partial charge in [-0.3, -0.25) is 24.1 Å². The second kappa shape index (κ2) is 40.8. The number of hydrogen-bond donors (Lipinski definition) is 1. The summed E-state index contributed by atoms with van der Waals surface area (Å²) in [5.74, 6) is -0.736. The number of hydrogen-bond acceptors (Lipinski definition) is 11. The van der Waals surface area contributed by atoms with Crippen molar-refractivity contribution in [2.45, 2.75) is 276 Å². The first-order valence-electron chi connectivity index (χ1n) is 27.6. The van der Waals surface area contributed by atoms with Gasteiger partial charge in [0.1, 0.15) is 18.2 Å². The van der Waals surface area contributed by atoms with E-state index >= 15 is 0 Å². The number of aliphatic hydroxyl groups is 1. The van der Waals surface area contributed by atoms with Gasteiger partial charge in [-0.05, 0) is 70.8 Å². The van der Waals surface area contributed by atoms with Gasteiger partial charge in [0.25, 0.3) is 0 Å². The lowest BCUT2D eigenvalue weighted by molar-refractivity contribution is -0.151. The van der Waals surface area contributed by atoms with E-state index in [1.54, 1.807) is 0 Å². The molecule has 0 spiro atoms. The molecule has 0 aromatic heterocycles. The van der Waals surface area contributed by atoms with Crippen molar-refractivity contribution in [3.8, 4) is 0 Å². The van der Waals surface area contributed by atoms with Crippen molar-refractivity contribution in [3.63, 3.8) is 0 Å². The summed E-state index contributed by atoms with van der Waals surface area (Å²) in [4.78, 5) is 55.6. The van der Waals surface area contributed by atoms with E-state index in [1.807, 2.05) is 0 Å². The highest BCUT2D eigenvalue weighted by Gasteiger charge is 2.39. The van der Waals surface area contributed by atoms with E-state index in [-0.39, 0.29) is 48.6 Å². The molecule has 0 saturated carbocycles.